The van der Waals surface area contributed by atoms with E-state index in [9.17, 15) is 0 Å². The molecule has 2 N–H and O–H groups in total. The van der Waals surface area contributed by atoms with Crippen molar-refractivity contribution in [2.45, 2.75) is 26.8 Å². The highest BCUT2D eigenvalue weighted by Crippen LogP contribution is 2.21. The summed E-state index contributed by atoms with van der Waals surface area (Å²) < 4.78 is 2.34. The summed E-state index contributed by atoms with van der Waals surface area (Å²) in [5.41, 5.74) is 8.82. The predicted molar refractivity (Wildman–Crippen MR) is 81.1 cm³/mol. The van der Waals surface area contributed by atoms with Gasteiger partial charge >= 0.3 is 0 Å². The number of imidazole rings is 1. The lowest BCUT2D eigenvalue weighted by atomic mass is 10.2. The summed E-state index contributed by atoms with van der Waals surface area (Å²) in [5, 5.41) is 0. The fourth-order valence-corrected chi connectivity index (χ4v) is 2.99. The highest BCUT2D eigenvalue weighted by atomic mass is 32.2. The van der Waals surface area contributed by atoms with Gasteiger partial charge in [0.1, 0.15) is 5.82 Å². The number of hydrogen-bond donors (Lipinski definition) is 1. The van der Waals surface area contributed by atoms with Crippen LogP contribution >= 0.6 is 11.8 Å². The van der Waals surface area contributed by atoms with Crippen LogP contribution in [-0.2, 0) is 13.0 Å². The quantitative estimate of drug-likeness (QED) is 0.843. The van der Waals surface area contributed by atoms with Gasteiger partial charge in [-0.1, -0.05) is 13.8 Å². The molecule has 1 aromatic heterocycles. The van der Waals surface area contributed by atoms with Crippen LogP contribution in [0.5, 0.6) is 0 Å². The standard InChI is InChI=1S/C14H21N3S/c1-4-14-16-12-7-11(15)5-6-13(12)17(14)8-10(2)9-18-3/h5-7,10H,4,8-9,15H2,1-3H3. The van der Waals surface area contributed by atoms with Crippen molar-refractivity contribution in [3.8, 4) is 0 Å². The Kier molecular flexibility index (Phi) is 4.17. The lowest BCUT2D eigenvalue weighted by molar-refractivity contribution is 0.526. The highest BCUT2D eigenvalue weighted by Gasteiger charge is 2.12. The topological polar surface area (TPSA) is 43.8 Å². The lowest BCUT2D eigenvalue weighted by Crippen LogP contribution is -2.12. The summed E-state index contributed by atoms with van der Waals surface area (Å²) in [7, 11) is 0. The Morgan fingerprint density at radius 2 is 2.22 bits per heavy atom. The zero-order chi connectivity index (χ0) is 13.1. The maximum Gasteiger partial charge on any atom is 0.109 e. The zero-order valence-corrected chi connectivity index (χ0v) is 12.1. The van der Waals surface area contributed by atoms with Gasteiger partial charge in [-0.05, 0) is 36.1 Å². The second kappa shape index (κ2) is 5.65. The molecule has 2 rings (SSSR count). The Morgan fingerprint density at radius 1 is 1.44 bits per heavy atom. The van der Waals surface area contributed by atoms with Crippen LogP contribution in [-0.4, -0.2) is 21.6 Å². The molecule has 4 heteroatoms. The average Bonchev–Trinajstić information content (AvgIpc) is 2.66. The molecule has 18 heavy (non-hydrogen) atoms. The maximum atomic E-state index is 5.82. The number of nitrogen functional groups attached to an aromatic ring is 1. The number of aryl methyl sites for hydroxylation is 1. The van der Waals surface area contributed by atoms with Crippen LogP contribution in [0.25, 0.3) is 11.0 Å². The number of aromatic nitrogens is 2. The summed E-state index contributed by atoms with van der Waals surface area (Å²) in [4.78, 5) is 4.68. The summed E-state index contributed by atoms with van der Waals surface area (Å²) in [6.07, 6.45) is 3.12. The molecule has 0 aliphatic carbocycles. The molecule has 1 aromatic carbocycles. The number of thioether (sulfide) groups is 1. The van der Waals surface area contributed by atoms with E-state index in [4.69, 9.17) is 5.73 Å². The molecule has 0 saturated carbocycles. The molecule has 98 valence electrons. The van der Waals surface area contributed by atoms with E-state index >= 15 is 0 Å². The van der Waals surface area contributed by atoms with E-state index in [1.165, 1.54) is 11.3 Å². The van der Waals surface area contributed by atoms with Crippen LogP contribution in [0.2, 0.25) is 0 Å². The van der Waals surface area contributed by atoms with Crippen molar-refractivity contribution in [2.24, 2.45) is 5.92 Å². The van der Waals surface area contributed by atoms with Crippen molar-refractivity contribution < 1.29 is 0 Å². The van der Waals surface area contributed by atoms with E-state index in [1.54, 1.807) is 0 Å². The number of benzene rings is 1. The normalized spacial score (nSPS) is 13.1. The van der Waals surface area contributed by atoms with Crippen molar-refractivity contribution in [1.29, 1.82) is 0 Å². The van der Waals surface area contributed by atoms with Gasteiger partial charge in [-0.15, -0.1) is 0 Å². The first-order chi connectivity index (χ1) is 8.65. The first-order valence-corrected chi connectivity index (χ1v) is 7.78. The van der Waals surface area contributed by atoms with Gasteiger partial charge in [0.15, 0.2) is 0 Å². The third-order valence-corrected chi connectivity index (χ3v) is 4.02. The Morgan fingerprint density at radius 3 is 2.89 bits per heavy atom. The van der Waals surface area contributed by atoms with E-state index in [2.05, 4.69) is 35.7 Å². The largest absolute Gasteiger partial charge is 0.399 e. The predicted octanol–water partition coefficient (Wildman–Crippen LogP) is 3.18. The number of nitrogens with zero attached hydrogens (tertiary/aromatic N) is 2. The lowest BCUT2D eigenvalue weighted by Gasteiger charge is -2.14. The molecular formula is C14H21N3S. The molecule has 3 nitrogen and oxygen atoms in total. The zero-order valence-electron chi connectivity index (χ0n) is 11.3. The minimum absolute atomic E-state index is 0.653. The summed E-state index contributed by atoms with van der Waals surface area (Å²) in [5.74, 6) is 2.99. The molecule has 0 amide bonds. The fraction of sp³-hybridized carbons (Fsp3) is 0.500. The van der Waals surface area contributed by atoms with E-state index in [-0.39, 0.29) is 0 Å². The van der Waals surface area contributed by atoms with Crippen molar-refractivity contribution in [3.05, 3.63) is 24.0 Å². The Balaban J connectivity index is 2.40. The molecule has 1 heterocycles. The minimum Gasteiger partial charge on any atom is -0.399 e. The highest BCUT2D eigenvalue weighted by molar-refractivity contribution is 7.98. The summed E-state index contributed by atoms with van der Waals surface area (Å²) in [6, 6.07) is 6.01. The number of rotatable bonds is 5. The fourth-order valence-electron chi connectivity index (χ4n) is 2.32. The van der Waals surface area contributed by atoms with Crippen LogP contribution < -0.4 is 5.73 Å². The van der Waals surface area contributed by atoms with Gasteiger partial charge in [0.25, 0.3) is 0 Å². The van der Waals surface area contributed by atoms with Gasteiger partial charge in [-0.2, -0.15) is 11.8 Å². The molecule has 0 radical (unpaired) electrons. The average molecular weight is 263 g/mol. The monoisotopic (exact) mass is 263 g/mol. The number of fused-ring (bicyclic) bond motifs is 1. The first-order valence-electron chi connectivity index (χ1n) is 6.39. The van der Waals surface area contributed by atoms with E-state index in [0.29, 0.717) is 5.92 Å². The van der Waals surface area contributed by atoms with E-state index < -0.39 is 0 Å². The maximum absolute atomic E-state index is 5.82. The molecule has 0 aliphatic rings. The third kappa shape index (κ3) is 2.64. The second-order valence-corrected chi connectivity index (χ2v) is 5.71. The summed E-state index contributed by atoms with van der Waals surface area (Å²) in [6.45, 7) is 5.48. The van der Waals surface area contributed by atoms with Gasteiger partial charge in [-0.25, -0.2) is 4.98 Å². The van der Waals surface area contributed by atoms with Crippen LogP contribution in [0, 0.1) is 5.92 Å². The minimum atomic E-state index is 0.653. The van der Waals surface area contributed by atoms with Crippen molar-refractivity contribution in [3.63, 3.8) is 0 Å². The van der Waals surface area contributed by atoms with Gasteiger partial charge in [0.05, 0.1) is 11.0 Å². The summed E-state index contributed by atoms with van der Waals surface area (Å²) >= 11 is 1.90. The SMILES string of the molecule is CCc1nc2cc(N)ccc2n1CC(C)CSC. The Hall–Kier alpha value is -1.16. The molecule has 0 fully saturated rings. The molecule has 0 spiro atoms. The van der Waals surface area contributed by atoms with Gasteiger partial charge in [0, 0.05) is 18.7 Å². The first kappa shape index (κ1) is 13.3. The molecular weight excluding hydrogens is 242 g/mol. The van der Waals surface area contributed by atoms with Gasteiger partial charge in [-0.3, -0.25) is 0 Å². The van der Waals surface area contributed by atoms with Gasteiger partial charge < -0.3 is 10.3 Å². The van der Waals surface area contributed by atoms with Crippen molar-refractivity contribution in [1.82, 2.24) is 9.55 Å². The number of nitrogens with two attached hydrogens (primary N) is 1. The molecule has 0 bridgehead atoms. The molecule has 1 atom stereocenters. The second-order valence-electron chi connectivity index (χ2n) is 4.80. The number of anilines is 1. The Bertz CT molecular complexity index is 533. The smallest absolute Gasteiger partial charge is 0.109 e. The van der Waals surface area contributed by atoms with Crippen LogP contribution in [0.1, 0.15) is 19.7 Å². The number of hydrogen-bond acceptors (Lipinski definition) is 3. The molecule has 0 aliphatic heterocycles. The van der Waals surface area contributed by atoms with Crippen LogP contribution in [0.15, 0.2) is 18.2 Å². The van der Waals surface area contributed by atoms with Crippen LogP contribution in [0.3, 0.4) is 0 Å². The van der Waals surface area contributed by atoms with Crippen molar-refractivity contribution >= 4 is 28.5 Å². The van der Waals surface area contributed by atoms with E-state index in [1.807, 2.05) is 23.9 Å². The molecule has 2 aromatic rings. The van der Waals surface area contributed by atoms with Gasteiger partial charge in [0.2, 0.25) is 0 Å². The molecule has 1 unspecified atom stereocenters. The Labute approximate surface area is 113 Å². The third-order valence-electron chi connectivity index (χ3n) is 3.11. The molecule has 0 saturated heterocycles. The van der Waals surface area contributed by atoms with Crippen LogP contribution in [0.4, 0.5) is 5.69 Å². The van der Waals surface area contributed by atoms with Crippen molar-refractivity contribution in [2.75, 3.05) is 17.7 Å². The van der Waals surface area contributed by atoms with E-state index in [0.717, 1.165) is 30.0 Å².